The van der Waals surface area contributed by atoms with Gasteiger partial charge in [-0.15, -0.1) is 19.7 Å². The molecule has 8 aliphatic carbocycles. The molecule has 9 heterocycles. The van der Waals surface area contributed by atoms with Crippen LogP contribution in [0.2, 0.25) is 0 Å². The molecule has 17 aliphatic rings. The quantitative estimate of drug-likeness (QED) is 0.0352. The van der Waals surface area contributed by atoms with E-state index in [9.17, 15) is 106 Å². The van der Waals surface area contributed by atoms with Gasteiger partial charge in [0.2, 0.25) is 71.9 Å². The highest BCUT2D eigenvalue weighted by Gasteiger charge is 2.66. The third-order valence-electron chi connectivity index (χ3n) is 31.4. The number of rotatable bonds is 22. The molecule has 0 unspecified atom stereocenters. The lowest BCUT2D eigenvalue weighted by molar-refractivity contribution is -0.142. The molecule has 20 rings (SSSR count). The fourth-order valence-corrected chi connectivity index (χ4v) is 26.4. The van der Waals surface area contributed by atoms with Gasteiger partial charge in [-0.25, -0.2) is 62.8 Å². The lowest BCUT2D eigenvalue weighted by atomic mass is 9.83. The van der Waals surface area contributed by atoms with Gasteiger partial charge in [0.25, 0.3) is 17.7 Å². The Kier molecular flexibility index (Phi) is 31.2. The fraction of sp³-hybridized carbons (Fsp3) is 0.563. The molecule has 3 aromatic rings. The van der Waals surface area contributed by atoms with Crippen molar-refractivity contribution < 1.29 is 134 Å². The summed E-state index contributed by atoms with van der Waals surface area (Å²) < 4.78 is 143. The summed E-state index contributed by atoms with van der Waals surface area (Å²) in [5, 5.41) is 13.8. The van der Waals surface area contributed by atoms with Crippen LogP contribution < -0.4 is 46.1 Å². The number of amides is 15. The van der Waals surface area contributed by atoms with Crippen molar-refractivity contribution in [3.05, 3.63) is 161 Å². The number of halogens is 2. The molecule has 0 aromatic heterocycles. The second-order valence-corrected chi connectivity index (χ2v) is 47.7. The molecule has 11 fully saturated rings. The van der Waals surface area contributed by atoms with Crippen molar-refractivity contribution in [2.75, 3.05) is 39.5 Å². The molecule has 12 bridgehead atoms. The number of carbonyl (C=O) groups excluding carboxylic acids is 15. The molecule has 15 amide bonds. The van der Waals surface area contributed by atoms with Gasteiger partial charge in [-0.3, -0.25) is 72.0 Å². The first kappa shape index (κ1) is 107. The van der Waals surface area contributed by atoms with E-state index >= 15 is 0 Å². The lowest BCUT2D eigenvalue weighted by Crippen LogP contribution is -2.59. The van der Waals surface area contributed by atoms with Gasteiger partial charge < -0.3 is 75.0 Å². The number of sulfonamides is 3. The van der Waals surface area contributed by atoms with Crippen molar-refractivity contribution in [3.8, 4) is 0 Å². The summed E-state index contributed by atoms with van der Waals surface area (Å²) in [7, 11) is -11.8. The molecule has 0 radical (unpaired) electrons. The number of nitrogens with one attached hydrogen (secondary N) is 9. The predicted molar refractivity (Wildman–Crippen MR) is 531 cm³/mol. The van der Waals surface area contributed by atoms with E-state index in [2.05, 4.69) is 61.1 Å². The average Bonchev–Trinajstić information content (AvgIpc) is 1.58. The minimum Gasteiger partial charge on any atom is -0.449 e. The number of benzene rings is 3. The highest BCUT2D eigenvalue weighted by Crippen LogP contribution is 2.50. The zero-order chi connectivity index (χ0) is 106. The van der Waals surface area contributed by atoms with Gasteiger partial charge >= 0.3 is 36.6 Å². The fourth-order valence-electron chi connectivity index (χ4n) is 22.3. The van der Waals surface area contributed by atoms with E-state index in [0.717, 1.165) is 87.1 Å². The van der Waals surface area contributed by atoms with E-state index in [1.165, 1.54) is 32.9 Å². The molecule has 8 saturated carbocycles. The number of hydrogen-bond acceptors (Lipinski definition) is 27. The van der Waals surface area contributed by atoms with Crippen LogP contribution in [0.25, 0.3) is 18.2 Å². The summed E-state index contributed by atoms with van der Waals surface area (Å²) >= 11 is 0. The van der Waals surface area contributed by atoms with Crippen molar-refractivity contribution in [1.82, 2.24) is 75.5 Å². The molecule has 150 heavy (non-hydrogen) atoms. The van der Waals surface area contributed by atoms with Crippen LogP contribution in [0.4, 0.5) is 37.5 Å². The van der Waals surface area contributed by atoms with Crippen LogP contribution >= 0.6 is 0 Å². The van der Waals surface area contributed by atoms with E-state index in [4.69, 9.17) is 28.4 Å². The third kappa shape index (κ3) is 23.5. The van der Waals surface area contributed by atoms with Crippen LogP contribution in [0.5, 0.6) is 0 Å². The minimum absolute atomic E-state index is 0.0289. The van der Waals surface area contributed by atoms with E-state index < -0.39 is 237 Å². The molecule has 3 saturated heterocycles. The summed E-state index contributed by atoms with van der Waals surface area (Å²) in [5.41, 5.74) is 3.66. The Hall–Kier alpha value is -13.3. The van der Waals surface area contributed by atoms with E-state index in [1.54, 1.807) is 15.9 Å². The van der Waals surface area contributed by atoms with Gasteiger partial charge in [-0.2, -0.15) is 0 Å². The van der Waals surface area contributed by atoms with Gasteiger partial charge in [0.1, 0.15) is 71.2 Å². The Morgan fingerprint density at radius 2 is 0.707 bits per heavy atom. The number of alkyl halides is 2. The van der Waals surface area contributed by atoms with Crippen LogP contribution in [-0.2, 0) is 141 Å². The van der Waals surface area contributed by atoms with Crippen LogP contribution in [0.1, 0.15) is 211 Å². The third-order valence-corrected chi connectivity index (χ3v) is 36.9. The number of hydrogen-bond donors (Lipinski definition) is 9. The minimum atomic E-state index is -3.97. The van der Waals surface area contributed by atoms with Crippen LogP contribution in [0.3, 0.4) is 0 Å². The van der Waals surface area contributed by atoms with Gasteiger partial charge in [-0.05, 0) is 165 Å². The Bertz CT molecular complexity index is 6380. The standard InChI is InChI=1S/C36H45N5O9S.C35H43N5O9S.C32H37F2N5O9S/c1-2-25-18-36(25,33(44)39-51(47,48)27-14-15-27)38-31(42)29-17-26-20-41(29)32(43)30(23-10-4-3-5-11-23)37-34(45)49-16-7-6-9-22-12-8-13-24-19-40(21-28(22)24)35(46)50-26;1-2-24-17-35(24,32(43)38-50(46,47)26-13-14-26)37-30(41)28-16-25-19-40(28)31(42)29(22-9-3-4-10-22)36-33(44)48-15-6-5-8-21-11-7-12-23-18-39(20-27(21)23)34(45)49-25;1-2-20-14-32(20,29(42)37-49(45,46)22-9-10-22)36-27(40)25-12-21-16-39(25)28(41)24(13-26(33)34)35-30(43)47-11-4-3-6-18-7-5-8-19-15-38(17-23(18)19)31(44)48-21/h2,6,8-9,12-13,23,25-27,29-30H,1,3-5,7,10-11,14-21H2,(H,37,45)(H,38,42)(H,39,44);2,5,7-8,11-12,22,24-26,28-29H,1,3-4,6,9-10,13-20H2,(H,36,44)(H,37,41)(H,38,43);2-3,5-8,20-22,24-26H,1,4,9-17H2,(H,35,43)(H,36,40)(H,37,42)/b9-6+;8-5+;6-3+/t25-,26-,29+,30+,36-;24-,25-,28+,29+,35-;20-,21-,24+,25+,32-/m111/s1. The SMILES string of the molecule is C=C[C@@H]1C[C@]1(NC(=O)[C@@H]1C[C@@H]2CN1C(=O)[C@H](C1CCCC1)NC(=O)OCC/C=C/c1cccc3c1CN(C3)C(=O)O2)C(=O)NS(=O)(=O)C1CC1.C=C[C@@H]1C[C@]1(NC(=O)[C@@H]1C[C@@H]2CN1C(=O)[C@H](C1CCCCC1)NC(=O)OCC/C=C/c1cccc3c1CN(C3)C(=O)O2)C(=O)NS(=O)(=O)C1CC1.C=C[C@@H]1C[C@]1(NC(=O)[C@@H]1C[C@@H]2CN1C(=O)[C@H](CC(F)F)NC(=O)OCC/C=C/c1cccc3c1CN(C3)C(=O)O2)C(=O)NS(=O)(=O)C1CC1. The Morgan fingerprint density at radius 3 is 1.00 bits per heavy atom. The first-order valence-corrected chi connectivity index (χ1v) is 56.1. The maximum atomic E-state index is 14.5. The largest absolute Gasteiger partial charge is 0.449 e. The Labute approximate surface area is 866 Å². The molecule has 9 N–H and O–H groups in total. The number of alkyl carbamates (subject to hydrolysis) is 3. The van der Waals surface area contributed by atoms with E-state index in [-0.39, 0.29) is 109 Å². The molecule has 3 aromatic carbocycles. The summed E-state index contributed by atoms with van der Waals surface area (Å²) in [6.07, 6.45) is 15.2. The van der Waals surface area contributed by atoms with Crippen molar-refractivity contribution in [1.29, 1.82) is 0 Å². The van der Waals surface area contributed by atoms with Crippen molar-refractivity contribution in [3.63, 3.8) is 0 Å². The smallest absolute Gasteiger partial charge is 0.410 e. The maximum Gasteiger partial charge on any atom is 0.410 e. The monoisotopic (exact) mass is 2140 g/mol. The lowest BCUT2D eigenvalue weighted by Gasteiger charge is -2.34. The molecular formula is C103H125F2N15O27S3. The molecule has 15 atom stereocenters. The number of ether oxygens (including phenoxy) is 6. The highest BCUT2D eigenvalue weighted by molar-refractivity contribution is 7.91. The summed E-state index contributed by atoms with van der Waals surface area (Å²) in [5.74, 6) is -9.12. The zero-order valence-electron chi connectivity index (χ0n) is 82.8. The molecule has 0 spiro atoms. The molecule has 806 valence electrons. The number of carbonyl (C=O) groups is 15. The second kappa shape index (κ2) is 43.9. The van der Waals surface area contributed by atoms with Gasteiger partial charge in [0, 0.05) is 63.1 Å². The van der Waals surface area contributed by atoms with E-state index in [1.807, 2.05) is 89.7 Å². The van der Waals surface area contributed by atoms with Crippen LogP contribution in [-0.4, -0.2) is 277 Å². The molecular weight excluding hydrogens is 2010 g/mol. The summed E-state index contributed by atoms with van der Waals surface area (Å²) in [4.78, 5) is 212. The Morgan fingerprint density at radius 1 is 0.407 bits per heavy atom. The normalized spacial score (nSPS) is 30.2. The number of nitrogens with zero attached hydrogens (tertiary/aromatic N) is 6. The summed E-state index contributed by atoms with van der Waals surface area (Å²) in [6, 6.07) is 9.66. The number of fused-ring (bicyclic) bond motifs is 9. The second-order valence-electron chi connectivity index (χ2n) is 41.8. The van der Waals surface area contributed by atoms with Crippen LogP contribution in [0, 0.1) is 29.6 Å². The topological polar surface area (TPSA) is 542 Å². The number of cyclic esters (lactones) is 3. The van der Waals surface area contributed by atoms with Crippen molar-refractivity contribution >= 4 is 138 Å². The average molecular weight is 2140 g/mol. The van der Waals surface area contributed by atoms with E-state index in [0.29, 0.717) is 103 Å². The first-order chi connectivity index (χ1) is 71.8. The Balaban J connectivity index is 0.000000147. The highest BCUT2D eigenvalue weighted by atomic mass is 32.2. The zero-order valence-corrected chi connectivity index (χ0v) is 85.2. The first-order valence-electron chi connectivity index (χ1n) is 51.5. The van der Waals surface area contributed by atoms with Gasteiger partial charge in [0.05, 0.1) is 74.8 Å². The van der Waals surface area contributed by atoms with Crippen molar-refractivity contribution in [2.45, 2.75) is 293 Å². The molecule has 42 nitrogen and oxygen atoms in total. The molecule has 9 aliphatic heterocycles. The van der Waals surface area contributed by atoms with Crippen molar-refractivity contribution in [2.24, 2.45) is 29.6 Å². The van der Waals surface area contributed by atoms with Crippen LogP contribution in [0.15, 0.2) is 111 Å². The summed E-state index contributed by atoms with van der Waals surface area (Å²) in [6.45, 7) is 12.4. The predicted octanol–water partition coefficient (Wildman–Crippen LogP) is 7.29. The maximum absolute atomic E-state index is 14.5. The molecule has 47 heteroatoms. The van der Waals surface area contributed by atoms with Gasteiger partial charge in [-0.1, -0.05) is 141 Å². The van der Waals surface area contributed by atoms with Gasteiger partial charge in [0.15, 0.2) is 0 Å².